The number of alkyl halides is 1. The molecule has 0 spiro atoms. The molecule has 29 heavy (non-hydrogen) atoms. The Morgan fingerprint density at radius 3 is 2.69 bits per heavy atom. The third-order valence-electron chi connectivity index (χ3n) is 4.92. The number of fused-ring (bicyclic) bond motifs is 1. The number of para-hydroxylation sites is 1. The molecule has 2 atom stereocenters. The predicted molar refractivity (Wildman–Crippen MR) is 100 cm³/mol. The zero-order chi connectivity index (χ0) is 21.0. The molecular weight excluding hydrogens is 383 g/mol. The maximum absolute atomic E-state index is 13.0. The number of benzene rings is 1. The Hall–Kier alpha value is -3.23. The number of nitrogens with zero attached hydrogens (tertiary/aromatic N) is 1. The van der Waals surface area contributed by atoms with Crippen LogP contribution in [0.1, 0.15) is 36.2 Å². The molecule has 2 heterocycles. The van der Waals surface area contributed by atoms with Crippen LogP contribution >= 0.6 is 0 Å². The Kier molecular flexibility index (Phi) is 6.26. The fraction of sp³-hybridized carbons (Fsp3) is 0.400. The molecule has 1 aromatic carbocycles. The summed E-state index contributed by atoms with van der Waals surface area (Å²) >= 11 is 0. The number of carbonyl (C=O) groups excluding carboxylic acids is 3. The number of carboxylic acids is 1. The number of hydrogen-bond donors (Lipinski definition) is 2. The van der Waals surface area contributed by atoms with Crippen molar-refractivity contribution < 1.29 is 33.1 Å². The number of amides is 2. The second kappa shape index (κ2) is 8.85. The second-order valence-corrected chi connectivity index (χ2v) is 6.92. The van der Waals surface area contributed by atoms with E-state index in [2.05, 4.69) is 5.32 Å². The molecule has 2 amide bonds. The van der Waals surface area contributed by atoms with Crippen molar-refractivity contribution in [3.63, 3.8) is 0 Å². The SMILES string of the molecule is O=C(O)CC(NC(=O)[C@@H]1CCCCN1C(=O)c1cc2ccccc2o1)C(=O)CF. The summed E-state index contributed by atoms with van der Waals surface area (Å²) in [5.41, 5.74) is 0.545. The second-order valence-electron chi connectivity index (χ2n) is 6.92. The fourth-order valence-electron chi connectivity index (χ4n) is 3.46. The van der Waals surface area contributed by atoms with Crippen molar-refractivity contribution in [1.82, 2.24) is 10.2 Å². The van der Waals surface area contributed by atoms with Gasteiger partial charge in [-0.05, 0) is 31.4 Å². The van der Waals surface area contributed by atoms with Gasteiger partial charge in [-0.1, -0.05) is 18.2 Å². The molecule has 1 aliphatic rings. The van der Waals surface area contributed by atoms with Crippen LogP contribution in [0.3, 0.4) is 0 Å². The van der Waals surface area contributed by atoms with Crippen molar-refractivity contribution in [2.75, 3.05) is 13.2 Å². The number of halogens is 1. The maximum atomic E-state index is 13.0. The van der Waals surface area contributed by atoms with Crippen LogP contribution in [0.15, 0.2) is 34.7 Å². The van der Waals surface area contributed by atoms with Gasteiger partial charge in [0.15, 0.2) is 11.5 Å². The number of rotatable bonds is 7. The van der Waals surface area contributed by atoms with Crippen LogP contribution in [0, 0.1) is 0 Å². The zero-order valence-electron chi connectivity index (χ0n) is 15.6. The first-order valence-corrected chi connectivity index (χ1v) is 9.31. The summed E-state index contributed by atoms with van der Waals surface area (Å²) < 4.78 is 18.3. The molecule has 1 fully saturated rings. The quantitative estimate of drug-likeness (QED) is 0.728. The van der Waals surface area contributed by atoms with Crippen LogP contribution in [0.2, 0.25) is 0 Å². The first kappa shape index (κ1) is 20.5. The predicted octanol–water partition coefficient (Wildman–Crippen LogP) is 1.93. The number of piperidine rings is 1. The minimum Gasteiger partial charge on any atom is -0.481 e. The third kappa shape index (κ3) is 4.61. The number of nitrogens with one attached hydrogen (secondary N) is 1. The largest absolute Gasteiger partial charge is 0.481 e. The number of ketones is 1. The minimum absolute atomic E-state index is 0.0906. The van der Waals surface area contributed by atoms with Gasteiger partial charge in [-0.3, -0.25) is 19.2 Å². The van der Waals surface area contributed by atoms with Crippen LogP contribution in [0.25, 0.3) is 11.0 Å². The van der Waals surface area contributed by atoms with E-state index < -0.39 is 48.7 Å². The van der Waals surface area contributed by atoms with E-state index in [4.69, 9.17) is 9.52 Å². The van der Waals surface area contributed by atoms with Gasteiger partial charge in [-0.15, -0.1) is 0 Å². The first-order valence-electron chi connectivity index (χ1n) is 9.31. The van der Waals surface area contributed by atoms with Crippen molar-refractivity contribution in [2.24, 2.45) is 0 Å². The number of carboxylic acid groups (broad SMARTS) is 1. The van der Waals surface area contributed by atoms with Crippen molar-refractivity contribution in [2.45, 2.75) is 37.8 Å². The molecule has 2 N–H and O–H groups in total. The van der Waals surface area contributed by atoms with Crippen LogP contribution in [-0.4, -0.2) is 58.9 Å². The molecule has 154 valence electrons. The Balaban J connectivity index is 1.79. The fourth-order valence-corrected chi connectivity index (χ4v) is 3.46. The molecule has 1 aliphatic heterocycles. The molecule has 8 nitrogen and oxygen atoms in total. The standard InChI is InChI=1S/C20H21FN2O6/c21-11-15(24)13(10-18(25)26)22-19(27)14-6-3-4-8-23(14)20(28)17-9-12-5-1-2-7-16(12)29-17/h1-2,5,7,9,13-14H,3-4,6,8,10-11H2,(H,22,27)(H,25,26)/t13?,14-/m0/s1. The van der Waals surface area contributed by atoms with E-state index in [0.717, 1.165) is 5.39 Å². The van der Waals surface area contributed by atoms with Crippen molar-refractivity contribution >= 4 is 34.5 Å². The van der Waals surface area contributed by atoms with Crippen LogP contribution < -0.4 is 5.32 Å². The van der Waals surface area contributed by atoms with Gasteiger partial charge in [-0.25, -0.2) is 4.39 Å². The summed E-state index contributed by atoms with van der Waals surface area (Å²) in [6.45, 7) is -1.07. The lowest BCUT2D eigenvalue weighted by Gasteiger charge is -2.34. The molecule has 0 bridgehead atoms. The van der Waals surface area contributed by atoms with Gasteiger partial charge in [0.2, 0.25) is 5.91 Å². The lowest BCUT2D eigenvalue weighted by Crippen LogP contribution is -2.55. The van der Waals surface area contributed by atoms with E-state index in [1.165, 1.54) is 4.90 Å². The minimum atomic E-state index is -1.48. The molecule has 3 rings (SSSR count). The number of Topliss-reactive ketones (excluding diaryl/α,β-unsaturated/α-hetero) is 1. The van der Waals surface area contributed by atoms with Gasteiger partial charge in [-0.2, -0.15) is 0 Å². The summed E-state index contributed by atoms with van der Waals surface area (Å²) in [4.78, 5) is 49.6. The molecule has 1 unspecified atom stereocenters. The molecule has 0 aliphatic carbocycles. The van der Waals surface area contributed by atoms with Crippen LogP contribution in [0.4, 0.5) is 4.39 Å². The molecule has 1 aromatic heterocycles. The van der Waals surface area contributed by atoms with Gasteiger partial charge in [0.05, 0.1) is 6.42 Å². The van der Waals surface area contributed by atoms with E-state index in [-0.39, 0.29) is 5.76 Å². The monoisotopic (exact) mass is 404 g/mol. The number of aliphatic carboxylic acids is 1. The summed E-state index contributed by atoms with van der Waals surface area (Å²) in [5, 5.41) is 12.0. The first-order chi connectivity index (χ1) is 13.9. The molecule has 0 radical (unpaired) electrons. The van der Waals surface area contributed by atoms with E-state index in [1.807, 2.05) is 6.07 Å². The molecular formula is C20H21FN2O6. The van der Waals surface area contributed by atoms with E-state index in [9.17, 15) is 23.6 Å². The van der Waals surface area contributed by atoms with E-state index in [1.54, 1.807) is 24.3 Å². The Morgan fingerprint density at radius 2 is 2.00 bits per heavy atom. The normalized spacial score (nSPS) is 17.7. The highest BCUT2D eigenvalue weighted by molar-refractivity contribution is 6.00. The highest BCUT2D eigenvalue weighted by atomic mass is 19.1. The van der Waals surface area contributed by atoms with Gasteiger partial charge >= 0.3 is 5.97 Å². The van der Waals surface area contributed by atoms with Gasteiger partial charge in [0.1, 0.15) is 24.3 Å². The Bertz CT molecular complexity index is 907. The maximum Gasteiger partial charge on any atom is 0.305 e. The highest BCUT2D eigenvalue weighted by Gasteiger charge is 2.36. The lowest BCUT2D eigenvalue weighted by atomic mass is 9.99. The molecule has 0 saturated carbocycles. The average molecular weight is 404 g/mol. The van der Waals surface area contributed by atoms with E-state index in [0.29, 0.717) is 31.4 Å². The van der Waals surface area contributed by atoms with Crippen LogP contribution in [0.5, 0.6) is 0 Å². The average Bonchev–Trinajstić information content (AvgIpc) is 3.16. The van der Waals surface area contributed by atoms with Crippen LogP contribution in [-0.2, 0) is 14.4 Å². The molecule has 1 saturated heterocycles. The zero-order valence-corrected chi connectivity index (χ0v) is 15.6. The van der Waals surface area contributed by atoms with Gasteiger partial charge in [0, 0.05) is 11.9 Å². The Morgan fingerprint density at radius 1 is 1.24 bits per heavy atom. The molecule has 2 aromatic rings. The number of furan rings is 1. The smallest absolute Gasteiger partial charge is 0.305 e. The number of likely N-dealkylation sites (tertiary alicyclic amines) is 1. The number of carbonyl (C=O) groups is 4. The van der Waals surface area contributed by atoms with Crippen molar-refractivity contribution in [3.05, 3.63) is 36.1 Å². The lowest BCUT2D eigenvalue weighted by molar-refractivity contribution is -0.140. The Labute approximate surface area is 165 Å². The van der Waals surface area contributed by atoms with Gasteiger partial charge in [0.25, 0.3) is 5.91 Å². The summed E-state index contributed by atoms with van der Waals surface area (Å²) in [6.07, 6.45) is 1.00. The summed E-state index contributed by atoms with van der Waals surface area (Å²) in [7, 11) is 0. The topological polar surface area (TPSA) is 117 Å². The highest BCUT2D eigenvalue weighted by Crippen LogP contribution is 2.24. The van der Waals surface area contributed by atoms with Gasteiger partial charge < -0.3 is 19.7 Å². The van der Waals surface area contributed by atoms with Crippen molar-refractivity contribution in [1.29, 1.82) is 0 Å². The molecule has 9 heteroatoms. The third-order valence-corrected chi connectivity index (χ3v) is 4.92. The van der Waals surface area contributed by atoms with E-state index >= 15 is 0 Å². The summed E-state index contributed by atoms with van der Waals surface area (Å²) in [5.74, 6) is -3.41. The van der Waals surface area contributed by atoms with Crippen molar-refractivity contribution in [3.8, 4) is 0 Å². The summed E-state index contributed by atoms with van der Waals surface area (Å²) in [6, 6.07) is 6.35. The number of hydrogen-bond acceptors (Lipinski definition) is 5.